The average Bonchev–Trinajstić information content (AvgIpc) is 2.41. The van der Waals surface area contributed by atoms with Crippen molar-refractivity contribution >= 4 is 17.5 Å². The van der Waals surface area contributed by atoms with Crippen LogP contribution >= 0.6 is 11.6 Å². The van der Waals surface area contributed by atoms with Crippen LogP contribution in [0.15, 0.2) is 18.2 Å². The van der Waals surface area contributed by atoms with Gasteiger partial charge in [-0.05, 0) is 30.5 Å². The van der Waals surface area contributed by atoms with Crippen molar-refractivity contribution in [3.05, 3.63) is 28.8 Å². The summed E-state index contributed by atoms with van der Waals surface area (Å²) in [6, 6.07) is 5.33. The molecular weight excluding hydrogens is 266 g/mol. The fourth-order valence-electron chi connectivity index (χ4n) is 2.19. The molecule has 0 radical (unpaired) electrons. The summed E-state index contributed by atoms with van der Waals surface area (Å²) < 4.78 is 5.08. The van der Waals surface area contributed by atoms with Gasteiger partial charge < -0.3 is 14.7 Å². The molecule has 0 bridgehead atoms. The number of hydrogen-bond acceptors (Lipinski definition) is 3. The van der Waals surface area contributed by atoms with Gasteiger partial charge in [-0.25, -0.2) is 0 Å². The van der Waals surface area contributed by atoms with Crippen molar-refractivity contribution in [1.82, 2.24) is 4.90 Å². The zero-order valence-corrected chi connectivity index (χ0v) is 11.7. The number of aliphatic hydroxyl groups excluding tert-OH is 1. The van der Waals surface area contributed by atoms with E-state index in [9.17, 15) is 9.90 Å². The highest BCUT2D eigenvalue weighted by Gasteiger charge is 2.21. The Bertz CT molecular complexity index is 456. The van der Waals surface area contributed by atoms with Crippen molar-refractivity contribution in [3.8, 4) is 5.75 Å². The predicted molar refractivity (Wildman–Crippen MR) is 73.5 cm³/mol. The molecule has 0 spiro atoms. The van der Waals surface area contributed by atoms with Gasteiger partial charge in [-0.15, -0.1) is 0 Å². The third-order valence-corrected chi connectivity index (χ3v) is 3.77. The molecule has 1 saturated heterocycles. The molecule has 104 valence electrons. The minimum atomic E-state index is -0.270. The maximum absolute atomic E-state index is 12.1. The number of benzene rings is 1. The van der Waals surface area contributed by atoms with E-state index in [4.69, 9.17) is 16.3 Å². The number of nitrogens with zero attached hydrogens (tertiary/aromatic N) is 1. The fraction of sp³-hybridized carbons (Fsp3) is 0.500. The van der Waals surface area contributed by atoms with Gasteiger partial charge in [0.1, 0.15) is 5.75 Å². The van der Waals surface area contributed by atoms with Crippen molar-refractivity contribution in [2.75, 3.05) is 20.2 Å². The summed E-state index contributed by atoms with van der Waals surface area (Å²) in [4.78, 5) is 13.9. The van der Waals surface area contributed by atoms with Crippen LogP contribution in [0.4, 0.5) is 0 Å². The number of hydrogen-bond donors (Lipinski definition) is 1. The molecule has 1 fully saturated rings. The number of aliphatic hydroxyl groups is 1. The molecule has 1 N–H and O–H groups in total. The zero-order chi connectivity index (χ0) is 13.8. The topological polar surface area (TPSA) is 49.8 Å². The fourth-order valence-corrected chi connectivity index (χ4v) is 2.43. The Morgan fingerprint density at radius 1 is 1.47 bits per heavy atom. The second-order valence-corrected chi connectivity index (χ2v) is 5.15. The predicted octanol–water partition coefficient (Wildman–Crippen LogP) is 1.87. The van der Waals surface area contributed by atoms with E-state index < -0.39 is 0 Å². The van der Waals surface area contributed by atoms with E-state index in [1.807, 2.05) is 6.07 Å². The number of rotatable bonds is 3. The lowest BCUT2D eigenvalue weighted by Gasteiger charge is -2.29. The molecule has 1 aromatic rings. The zero-order valence-electron chi connectivity index (χ0n) is 10.9. The number of halogens is 1. The third-order valence-electron chi connectivity index (χ3n) is 3.42. The van der Waals surface area contributed by atoms with Crippen molar-refractivity contribution in [2.45, 2.75) is 25.4 Å². The monoisotopic (exact) mass is 283 g/mol. The molecular formula is C14H18ClNO3. The van der Waals surface area contributed by atoms with Crippen molar-refractivity contribution in [2.24, 2.45) is 0 Å². The second-order valence-electron chi connectivity index (χ2n) is 4.75. The summed E-state index contributed by atoms with van der Waals surface area (Å²) in [5.41, 5.74) is 0.804. The number of carbonyl (C=O) groups excluding carboxylic acids is 1. The molecule has 0 unspecified atom stereocenters. The summed E-state index contributed by atoms with van der Waals surface area (Å²) in [6.07, 6.45) is 1.33. The van der Waals surface area contributed by atoms with Crippen LogP contribution in [-0.4, -0.2) is 42.2 Å². The number of likely N-dealkylation sites (tertiary alicyclic amines) is 1. The summed E-state index contributed by atoms with van der Waals surface area (Å²) in [6.45, 7) is 1.24. The van der Waals surface area contributed by atoms with Gasteiger partial charge in [0.15, 0.2) is 0 Å². The summed E-state index contributed by atoms with van der Waals surface area (Å²) >= 11 is 6.12. The molecule has 0 aromatic heterocycles. The van der Waals surface area contributed by atoms with E-state index in [1.165, 1.54) is 0 Å². The van der Waals surface area contributed by atoms with Gasteiger partial charge in [-0.1, -0.05) is 17.7 Å². The Kier molecular flexibility index (Phi) is 4.66. The lowest BCUT2D eigenvalue weighted by Crippen LogP contribution is -2.40. The highest BCUT2D eigenvalue weighted by molar-refractivity contribution is 6.31. The molecule has 1 amide bonds. The van der Waals surface area contributed by atoms with E-state index in [0.717, 1.165) is 5.56 Å². The van der Waals surface area contributed by atoms with Crippen LogP contribution in [-0.2, 0) is 11.2 Å². The van der Waals surface area contributed by atoms with E-state index in [2.05, 4.69) is 0 Å². The number of carbonyl (C=O) groups is 1. The smallest absolute Gasteiger partial charge is 0.227 e. The second kappa shape index (κ2) is 6.26. The van der Waals surface area contributed by atoms with E-state index in [-0.39, 0.29) is 12.0 Å². The third kappa shape index (κ3) is 3.61. The van der Waals surface area contributed by atoms with Gasteiger partial charge in [0.2, 0.25) is 5.91 Å². The normalized spacial score (nSPS) is 16.5. The van der Waals surface area contributed by atoms with Gasteiger partial charge in [0.05, 0.1) is 19.6 Å². The first-order chi connectivity index (χ1) is 9.10. The standard InChI is InChI=1S/C14H18ClNO3/c1-19-12-3-2-10(13(15)9-12)8-14(18)16-6-4-11(17)5-7-16/h2-3,9,11,17H,4-8H2,1H3. The van der Waals surface area contributed by atoms with Crippen LogP contribution in [0.5, 0.6) is 5.75 Å². The maximum atomic E-state index is 12.1. The van der Waals surface area contributed by atoms with E-state index in [0.29, 0.717) is 43.1 Å². The minimum Gasteiger partial charge on any atom is -0.497 e. The van der Waals surface area contributed by atoms with E-state index >= 15 is 0 Å². The first-order valence-electron chi connectivity index (χ1n) is 6.38. The molecule has 4 nitrogen and oxygen atoms in total. The summed E-state index contributed by atoms with van der Waals surface area (Å²) in [5, 5.41) is 9.97. The molecule has 1 aliphatic heterocycles. The number of piperidine rings is 1. The molecule has 0 aliphatic carbocycles. The maximum Gasteiger partial charge on any atom is 0.227 e. The van der Waals surface area contributed by atoms with Crippen LogP contribution in [0.2, 0.25) is 5.02 Å². The molecule has 19 heavy (non-hydrogen) atoms. The molecule has 5 heteroatoms. The van der Waals surface area contributed by atoms with Crippen LogP contribution in [0.25, 0.3) is 0 Å². The molecule has 1 aliphatic rings. The number of amides is 1. The average molecular weight is 284 g/mol. The van der Waals surface area contributed by atoms with Crippen molar-refractivity contribution < 1.29 is 14.6 Å². The Morgan fingerprint density at radius 2 is 2.16 bits per heavy atom. The van der Waals surface area contributed by atoms with Crippen LogP contribution in [0.1, 0.15) is 18.4 Å². The molecule has 1 aromatic carbocycles. The molecule has 2 rings (SSSR count). The minimum absolute atomic E-state index is 0.0546. The number of ether oxygens (including phenoxy) is 1. The van der Waals surface area contributed by atoms with Crippen molar-refractivity contribution in [1.29, 1.82) is 0 Å². The SMILES string of the molecule is COc1ccc(CC(=O)N2CCC(O)CC2)c(Cl)c1. The van der Waals surface area contributed by atoms with Crippen LogP contribution in [0.3, 0.4) is 0 Å². The Balaban J connectivity index is 1.99. The Hall–Kier alpha value is -1.26. The van der Waals surface area contributed by atoms with Crippen molar-refractivity contribution in [3.63, 3.8) is 0 Å². The van der Waals surface area contributed by atoms with Crippen LogP contribution < -0.4 is 4.74 Å². The highest BCUT2D eigenvalue weighted by Crippen LogP contribution is 2.23. The molecule has 0 saturated carbocycles. The van der Waals surface area contributed by atoms with Gasteiger partial charge in [-0.3, -0.25) is 4.79 Å². The largest absolute Gasteiger partial charge is 0.497 e. The first kappa shape index (κ1) is 14.2. The molecule has 0 atom stereocenters. The van der Waals surface area contributed by atoms with Gasteiger partial charge in [0, 0.05) is 18.1 Å². The highest BCUT2D eigenvalue weighted by atomic mass is 35.5. The Morgan fingerprint density at radius 3 is 2.74 bits per heavy atom. The summed E-state index contributed by atoms with van der Waals surface area (Å²) in [5.74, 6) is 0.737. The first-order valence-corrected chi connectivity index (χ1v) is 6.76. The van der Waals surface area contributed by atoms with Gasteiger partial charge in [0.25, 0.3) is 0 Å². The lowest BCUT2D eigenvalue weighted by atomic mass is 10.1. The lowest BCUT2D eigenvalue weighted by molar-refractivity contribution is -0.132. The van der Waals surface area contributed by atoms with Gasteiger partial charge >= 0.3 is 0 Å². The summed E-state index contributed by atoms with van der Waals surface area (Å²) in [7, 11) is 1.58. The molecule has 1 heterocycles. The van der Waals surface area contributed by atoms with Crippen LogP contribution in [0, 0.1) is 0 Å². The number of methoxy groups -OCH3 is 1. The van der Waals surface area contributed by atoms with Gasteiger partial charge in [-0.2, -0.15) is 0 Å². The quantitative estimate of drug-likeness (QED) is 0.921. The Labute approximate surface area is 117 Å². The van der Waals surface area contributed by atoms with E-state index in [1.54, 1.807) is 24.1 Å².